The average Bonchev–Trinajstić information content (AvgIpc) is 2.49. The van der Waals surface area contributed by atoms with E-state index in [0.29, 0.717) is 11.8 Å². The van der Waals surface area contributed by atoms with E-state index < -0.39 is 0 Å². The molecule has 0 fully saturated rings. The van der Waals surface area contributed by atoms with Crippen molar-refractivity contribution >= 4 is 0 Å². The van der Waals surface area contributed by atoms with Crippen molar-refractivity contribution in [1.29, 1.82) is 0 Å². The fourth-order valence-electron chi connectivity index (χ4n) is 2.60. The van der Waals surface area contributed by atoms with Crippen LogP contribution in [0, 0.1) is 0 Å². The van der Waals surface area contributed by atoms with E-state index >= 15 is 0 Å². The monoisotopic (exact) mass is 269 g/mol. The van der Waals surface area contributed by atoms with Gasteiger partial charge in [0.15, 0.2) is 0 Å². The Bertz CT molecular complexity index is 507. The van der Waals surface area contributed by atoms with Crippen LogP contribution < -0.4 is 0 Å². The van der Waals surface area contributed by atoms with Crippen molar-refractivity contribution in [2.45, 2.75) is 25.8 Å². The standard InChI is InChI=1S/C18H23NO/c1-3-18(16-9-11-17(20)12-10-16)19(2)14-13-15-7-5-4-6-8-15/h4-12,18,20H,3,13-14H2,1-2H3. The maximum atomic E-state index is 9.39. The summed E-state index contributed by atoms with van der Waals surface area (Å²) in [4.78, 5) is 2.39. The highest BCUT2D eigenvalue weighted by Gasteiger charge is 2.14. The third-order valence-corrected chi connectivity index (χ3v) is 3.79. The van der Waals surface area contributed by atoms with Crippen molar-refractivity contribution in [1.82, 2.24) is 4.90 Å². The Morgan fingerprint density at radius 3 is 2.25 bits per heavy atom. The molecule has 0 aliphatic rings. The Kier molecular flexibility index (Phi) is 5.19. The molecule has 2 rings (SSSR count). The topological polar surface area (TPSA) is 23.5 Å². The van der Waals surface area contributed by atoms with Gasteiger partial charge in [-0.15, -0.1) is 0 Å². The smallest absolute Gasteiger partial charge is 0.115 e. The first-order valence-electron chi connectivity index (χ1n) is 7.23. The number of rotatable bonds is 6. The number of phenolic OH excluding ortho intramolecular Hbond substituents is 1. The molecule has 106 valence electrons. The Balaban J connectivity index is 1.98. The minimum Gasteiger partial charge on any atom is -0.508 e. The van der Waals surface area contributed by atoms with Crippen molar-refractivity contribution in [3.8, 4) is 5.75 Å². The molecule has 0 heterocycles. The number of aromatic hydroxyl groups is 1. The third kappa shape index (κ3) is 3.84. The molecule has 0 amide bonds. The SMILES string of the molecule is CCC(c1ccc(O)cc1)N(C)CCc1ccccc1. The largest absolute Gasteiger partial charge is 0.508 e. The number of hydrogen-bond acceptors (Lipinski definition) is 2. The maximum Gasteiger partial charge on any atom is 0.115 e. The van der Waals surface area contributed by atoms with Gasteiger partial charge in [-0.05, 0) is 43.1 Å². The van der Waals surface area contributed by atoms with Crippen LogP contribution in [0.2, 0.25) is 0 Å². The first-order chi connectivity index (χ1) is 9.70. The van der Waals surface area contributed by atoms with E-state index in [1.54, 1.807) is 12.1 Å². The summed E-state index contributed by atoms with van der Waals surface area (Å²) in [5.41, 5.74) is 2.64. The summed E-state index contributed by atoms with van der Waals surface area (Å²) in [5, 5.41) is 9.39. The summed E-state index contributed by atoms with van der Waals surface area (Å²) in [5.74, 6) is 0.329. The molecule has 0 aromatic heterocycles. The molecule has 1 unspecified atom stereocenters. The lowest BCUT2D eigenvalue weighted by molar-refractivity contribution is 0.241. The summed E-state index contributed by atoms with van der Waals surface area (Å²) < 4.78 is 0. The Labute approximate surface area is 121 Å². The normalized spacial score (nSPS) is 12.6. The van der Waals surface area contributed by atoms with Crippen molar-refractivity contribution < 1.29 is 5.11 Å². The molecule has 0 aliphatic heterocycles. The highest BCUT2D eigenvalue weighted by atomic mass is 16.3. The molecule has 2 heteroatoms. The lowest BCUT2D eigenvalue weighted by Crippen LogP contribution is -2.26. The van der Waals surface area contributed by atoms with Gasteiger partial charge < -0.3 is 5.11 Å². The molecular formula is C18H23NO. The second-order valence-electron chi connectivity index (χ2n) is 5.23. The van der Waals surface area contributed by atoms with Crippen LogP contribution in [0.5, 0.6) is 5.75 Å². The van der Waals surface area contributed by atoms with Crippen LogP contribution in [0.3, 0.4) is 0 Å². The lowest BCUT2D eigenvalue weighted by Gasteiger charge is -2.27. The van der Waals surface area contributed by atoms with E-state index in [1.807, 2.05) is 12.1 Å². The number of phenols is 1. The quantitative estimate of drug-likeness (QED) is 0.856. The molecule has 1 atom stereocenters. The number of benzene rings is 2. The van der Waals surface area contributed by atoms with Crippen molar-refractivity contribution in [3.05, 3.63) is 65.7 Å². The first kappa shape index (κ1) is 14.6. The van der Waals surface area contributed by atoms with Gasteiger partial charge >= 0.3 is 0 Å². The lowest BCUT2D eigenvalue weighted by atomic mass is 10.0. The highest BCUT2D eigenvalue weighted by Crippen LogP contribution is 2.24. The van der Waals surface area contributed by atoms with Gasteiger partial charge in [-0.25, -0.2) is 0 Å². The Morgan fingerprint density at radius 1 is 1.00 bits per heavy atom. The Morgan fingerprint density at radius 2 is 1.65 bits per heavy atom. The summed E-state index contributed by atoms with van der Waals surface area (Å²) in [6, 6.07) is 18.6. The zero-order valence-corrected chi connectivity index (χ0v) is 12.3. The van der Waals surface area contributed by atoms with E-state index in [9.17, 15) is 5.11 Å². The van der Waals surface area contributed by atoms with Gasteiger partial charge in [0.05, 0.1) is 0 Å². The van der Waals surface area contributed by atoms with E-state index in [4.69, 9.17) is 0 Å². The van der Waals surface area contributed by atoms with Crippen LogP contribution in [-0.4, -0.2) is 23.6 Å². The van der Waals surface area contributed by atoms with E-state index in [0.717, 1.165) is 19.4 Å². The van der Waals surface area contributed by atoms with Gasteiger partial charge in [-0.3, -0.25) is 4.90 Å². The summed E-state index contributed by atoms with van der Waals surface area (Å²) in [7, 11) is 2.17. The average molecular weight is 269 g/mol. The van der Waals surface area contributed by atoms with Gasteiger partial charge in [-0.1, -0.05) is 49.4 Å². The first-order valence-corrected chi connectivity index (χ1v) is 7.23. The second-order valence-corrected chi connectivity index (χ2v) is 5.23. The second kappa shape index (κ2) is 7.11. The summed E-state index contributed by atoms with van der Waals surface area (Å²) in [6.07, 6.45) is 2.13. The molecule has 0 aliphatic carbocycles. The van der Waals surface area contributed by atoms with Crippen LogP contribution in [-0.2, 0) is 6.42 Å². The number of hydrogen-bond donors (Lipinski definition) is 1. The summed E-state index contributed by atoms with van der Waals surface area (Å²) >= 11 is 0. The fourth-order valence-corrected chi connectivity index (χ4v) is 2.60. The molecule has 0 bridgehead atoms. The zero-order chi connectivity index (χ0) is 14.4. The number of nitrogens with zero attached hydrogens (tertiary/aromatic N) is 1. The van der Waals surface area contributed by atoms with Gasteiger partial charge in [0.1, 0.15) is 5.75 Å². The van der Waals surface area contributed by atoms with Crippen molar-refractivity contribution in [3.63, 3.8) is 0 Å². The number of likely N-dealkylation sites (N-methyl/N-ethyl adjacent to an activating group) is 1. The van der Waals surface area contributed by atoms with E-state index in [-0.39, 0.29) is 0 Å². The predicted octanol–water partition coefficient (Wildman–Crippen LogP) is 4.02. The predicted molar refractivity (Wildman–Crippen MR) is 83.9 cm³/mol. The molecule has 0 saturated heterocycles. The van der Waals surface area contributed by atoms with Crippen LogP contribution in [0.15, 0.2) is 54.6 Å². The molecule has 2 aromatic rings. The van der Waals surface area contributed by atoms with Crippen molar-refractivity contribution in [2.75, 3.05) is 13.6 Å². The molecule has 0 radical (unpaired) electrons. The molecule has 1 N–H and O–H groups in total. The minimum atomic E-state index is 0.329. The van der Waals surface area contributed by atoms with Crippen LogP contribution in [0.25, 0.3) is 0 Å². The third-order valence-electron chi connectivity index (χ3n) is 3.79. The summed E-state index contributed by atoms with van der Waals surface area (Å²) in [6.45, 7) is 3.24. The zero-order valence-electron chi connectivity index (χ0n) is 12.3. The molecule has 0 spiro atoms. The van der Waals surface area contributed by atoms with Crippen LogP contribution >= 0.6 is 0 Å². The molecule has 20 heavy (non-hydrogen) atoms. The fraction of sp³-hybridized carbons (Fsp3) is 0.333. The molecule has 2 aromatic carbocycles. The minimum absolute atomic E-state index is 0.329. The molecular weight excluding hydrogens is 246 g/mol. The Hall–Kier alpha value is -1.80. The van der Waals surface area contributed by atoms with Crippen LogP contribution in [0.4, 0.5) is 0 Å². The van der Waals surface area contributed by atoms with Gasteiger partial charge in [0.25, 0.3) is 0 Å². The van der Waals surface area contributed by atoms with E-state index in [1.165, 1.54) is 11.1 Å². The molecule has 0 saturated carbocycles. The van der Waals surface area contributed by atoms with Gasteiger partial charge in [-0.2, -0.15) is 0 Å². The van der Waals surface area contributed by atoms with Gasteiger partial charge in [0, 0.05) is 12.6 Å². The van der Waals surface area contributed by atoms with E-state index in [2.05, 4.69) is 49.2 Å². The van der Waals surface area contributed by atoms with Crippen molar-refractivity contribution in [2.24, 2.45) is 0 Å². The highest BCUT2D eigenvalue weighted by molar-refractivity contribution is 5.28. The van der Waals surface area contributed by atoms with Gasteiger partial charge in [0.2, 0.25) is 0 Å². The molecule has 2 nitrogen and oxygen atoms in total. The maximum absolute atomic E-state index is 9.39. The van der Waals surface area contributed by atoms with Crippen LogP contribution in [0.1, 0.15) is 30.5 Å².